The molecule has 0 spiro atoms. The zero-order valence-electron chi connectivity index (χ0n) is 12.4. The number of carbonyl (C=O) groups excluding carboxylic acids is 1. The molecule has 0 unspecified atom stereocenters. The highest BCUT2D eigenvalue weighted by Crippen LogP contribution is 2.21. The van der Waals surface area contributed by atoms with Crippen LogP contribution in [-0.4, -0.2) is 33.7 Å². The smallest absolute Gasteiger partial charge is 0.261 e. The van der Waals surface area contributed by atoms with Crippen molar-refractivity contribution in [1.29, 1.82) is 0 Å². The van der Waals surface area contributed by atoms with Gasteiger partial charge in [-0.3, -0.25) is 9.10 Å². The molecule has 1 amide bonds. The number of rotatable bonds is 6. The number of para-hydroxylation sites is 1. The molecule has 0 saturated carbocycles. The number of anilines is 1. The molecule has 1 aromatic carbocycles. The van der Waals surface area contributed by atoms with Gasteiger partial charge in [-0.1, -0.05) is 24.3 Å². The lowest BCUT2D eigenvalue weighted by Gasteiger charge is -2.24. The van der Waals surface area contributed by atoms with E-state index in [2.05, 4.69) is 5.32 Å². The van der Waals surface area contributed by atoms with Crippen LogP contribution in [0.4, 0.5) is 5.69 Å². The first-order valence-electron chi connectivity index (χ1n) is 6.74. The quantitative estimate of drug-likeness (QED) is 0.878. The molecule has 1 N–H and O–H groups in total. The van der Waals surface area contributed by atoms with Crippen LogP contribution in [0.5, 0.6) is 0 Å². The Kier molecular flexibility index (Phi) is 5.20. The molecule has 22 heavy (non-hydrogen) atoms. The lowest BCUT2D eigenvalue weighted by Crippen LogP contribution is -2.38. The Morgan fingerprint density at radius 1 is 1.23 bits per heavy atom. The molecule has 0 fully saturated rings. The third-order valence-electron chi connectivity index (χ3n) is 3.13. The number of benzene rings is 1. The van der Waals surface area contributed by atoms with Crippen molar-refractivity contribution in [2.75, 3.05) is 23.7 Å². The molecule has 5 nitrogen and oxygen atoms in total. The fourth-order valence-corrected chi connectivity index (χ4v) is 3.70. The number of nitrogens with zero attached hydrogens (tertiary/aromatic N) is 1. The second-order valence-corrected chi connectivity index (χ2v) is 7.71. The lowest BCUT2D eigenvalue weighted by atomic mass is 10.2. The molecule has 0 radical (unpaired) electrons. The Morgan fingerprint density at radius 2 is 1.95 bits per heavy atom. The van der Waals surface area contributed by atoms with Crippen molar-refractivity contribution in [2.45, 2.75) is 6.92 Å². The second kappa shape index (κ2) is 6.93. The van der Waals surface area contributed by atoms with E-state index < -0.39 is 10.0 Å². The average Bonchev–Trinajstić information content (AvgIpc) is 2.97. The minimum Gasteiger partial charge on any atom is -0.350 e. The van der Waals surface area contributed by atoms with Gasteiger partial charge >= 0.3 is 0 Å². The van der Waals surface area contributed by atoms with E-state index in [9.17, 15) is 13.2 Å². The average molecular weight is 338 g/mol. The maximum atomic E-state index is 12.0. The van der Waals surface area contributed by atoms with E-state index in [-0.39, 0.29) is 19.0 Å². The highest BCUT2D eigenvalue weighted by molar-refractivity contribution is 7.92. The van der Waals surface area contributed by atoms with Gasteiger partial charge in [0.15, 0.2) is 0 Å². The highest BCUT2D eigenvalue weighted by Gasteiger charge is 2.19. The fraction of sp³-hybridized carbons (Fsp3) is 0.267. The monoisotopic (exact) mass is 338 g/mol. The maximum Gasteiger partial charge on any atom is 0.261 e. The third-order valence-corrected chi connectivity index (χ3v) is 5.18. The van der Waals surface area contributed by atoms with Gasteiger partial charge in [0, 0.05) is 6.54 Å². The van der Waals surface area contributed by atoms with Crippen LogP contribution < -0.4 is 9.62 Å². The van der Waals surface area contributed by atoms with Gasteiger partial charge in [-0.25, -0.2) is 8.42 Å². The second-order valence-electron chi connectivity index (χ2n) is 4.85. The molecule has 118 valence electrons. The van der Waals surface area contributed by atoms with E-state index >= 15 is 0 Å². The summed E-state index contributed by atoms with van der Waals surface area (Å²) in [4.78, 5) is 12.5. The van der Waals surface area contributed by atoms with E-state index in [1.54, 1.807) is 24.3 Å². The Bertz CT molecular complexity index is 740. The Balaban J connectivity index is 2.06. The molecule has 0 atom stereocenters. The van der Waals surface area contributed by atoms with Crippen molar-refractivity contribution in [2.24, 2.45) is 0 Å². The van der Waals surface area contributed by atoms with Crippen LogP contribution in [0.25, 0.3) is 0 Å². The topological polar surface area (TPSA) is 66.5 Å². The van der Waals surface area contributed by atoms with Crippen LogP contribution in [-0.2, 0) is 10.0 Å². The Morgan fingerprint density at radius 3 is 2.55 bits per heavy atom. The number of aryl methyl sites for hydroxylation is 1. The molecule has 7 heteroatoms. The molecule has 1 heterocycles. The number of amides is 1. The number of thiophene rings is 1. The number of sulfonamides is 1. The van der Waals surface area contributed by atoms with Gasteiger partial charge in [0.25, 0.3) is 5.91 Å². The van der Waals surface area contributed by atoms with Crippen molar-refractivity contribution in [3.8, 4) is 0 Å². The van der Waals surface area contributed by atoms with Crippen molar-refractivity contribution < 1.29 is 13.2 Å². The predicted molar refractivity (Wildman–Crippen MR) is 90.0 cm³/mol. The summed E-state index contributed by atoms with van der Waals surface area (Å²) >= 11 is 1.35. The number of nitrogens with one attached hydrogen (secondary N) is 1. The summed E-state index contributed by atoms with van der Waals surface area (Å²) in [5, 5.41) is 4.57. The van der Waals surface area contributed by atoms with Crippen molar-refractivity contribution >= 4 is 33.0 Å². The molecule has 0 saturated heterocycles. The highest BCUT2D eigenvalue weighted by atomic mass is 32.2. The van der Waals surface area contributed by atoms with Crippen LogP contribution in [0.3, 0.4) is 0 Å². The van der Waals surface area contributed by atoms with Crippen molar-refractivity contribution in [3.05, 3.63) is 52.2 Å². The fourth-order valence-electron chi connectivity index (χ4n) is 2.07. The van der Waals surface area contributed by atoms with E-state index in [4.69, 9.17) is 0 Å². The first kappa shape index (κ1) is 16.5. The summed E-state index contributed by atoms with van der Waals surface area (Å²) in [6.45, 7) is 2.30. The van der Waals surface area contributed by atoms with E-state index in [1.807, 2.05) is 24.4 Å². The van der Waals surface area contributed by atoms with Gasteiger partial charge in [-0.15, -0.1) is 11.3 Å². The van der Waals surface area contributed by atoms with Gasteiger partial charge in [-0.2, -0.15) is 0 Å². The molecule has 2 rings (SSSR count). The van der Waals surface area contributed by atoms with Gasteiger partial charge < -0.3 is 5.32 Å². The first-order chi connectivity index (χ1) is 10.4. The molecule has 0 aliphatic rings. The van der Waals surface area contributed by atoms with Gasteiger partial charge in [0.2, 0.25) is 10.0 Å². The first-order valence-corrected chi connectivity index (χ1v) is 9.47. The summed E-state index contributed by atoms with van der Waals surface area (Å²) in [6.07, 6.45) is 1.17. The van der Waals surface area contributed by atoms with Gasteiger partial charge in [0.1, 0.15) is 0 Å². The van der Waals surface area contributed by atoms with E-state index in [1.165, 1.54) is 21.9 Å². The zero-order chi connectivity index (χ0) is 16.2. The summed E-state index contributed by atoms with van der Waals surface area (Å²) in [5.41, 5.74) is 1.51. The molecular formula is C15H18N2O3S2. The van der Waals surface area contributed by atoms with E-state index in [0.717, 1.165) is 5.56 Å². The van der Waals surface area contributed by atoms with E-state index in [0.29, 0.717) is 10.6 Å². The molecule has 1 aromatic heterocycles. The SMILES string of the molecule is Cc1ccccc1N(CCNC(=O)c1cccs1)S(C)(=O)=O. The summed E-state index contributed by atoms with van der Waals surface area (Å²) in [6, 6.07) is 10.8. The third kappa shape index (κ3) is 4.08. The maximum absolute atomic E-state index is 12.0. The number of hydrogen-bond donors (Lipinski definition) is 1. The minimum atomic E-state index is -3.41. The van der Waals surface area contributed by atoms with Crippen LogP contribution in [0.1, 0.15) is 15.2 Å². The lowest BCUT2D eigenvalue weighted by molar-refractivity contribution is 0.0959. The normalized spacial score (nSPS) is 11.2. The Labute approximate surface area is 134 Å². The largest absolute Gasteiger partial charge is 0.350 e. The summed E-state index contributed by atoms with van der Waals surface area (Å²) in [7, 11) is -3.41. The van der Waals surface area contributed by atoms with Crippen LogP contribution in [0.2, 0.25) is 0 Å². The van der Waals surface area contributed by atoms with Crippen molar-refractivity contribution in [3.63, 3.8) is 0 Å². The number of hydrogen-bond acceptors (Lipinski definition) is 4. The van der Waals surface area contributed by atoms with Crippen LogP contribution >= 0.6 is 11.3 Å². The number of carbonyl (C=O) groups is 1. The molecule has 0 aliphatic carbocycles. The molecule has 2 aromatic rings. The van der Waals surface area contributed by atoms with Gasteiger partial charge in [0.05, 0.1) is 23.4 Å². The Hall–Kier alpha value is -1.86. The van der Waals surface area contributed by atoms with Gasteiger partial charge in [-0.05, 0) is 30.0 Å². The van der Waals surface area contributed by atoms with Crippen LogP contribution in [0.15, 0.2) is 41.8 Å². The molecular weight excluding hydrogens is 320 g/mol. The molecule has 0 aliphatic heterocycles. The van der Waals surface area contributed by atoms with Crippen molar-refractivity contribution in [1.82, 2.24) is 5.32 Å². The zero-order valence-corrected chi connectivity index (χ0v) is 14.1. The summed E-state index contributed by atoms with van der Waals surface area (Å²) < 4.78 is 25.3. The molecule has 0 bridgehead atoms. The van der Waals surface area contributed by atoms with Crippen LogP contribution in [0, 0.1) is 6.92 Å². The predicted octanol–water partition coefficient (Wildman–Crippen LogP) is 2.25. The summed E-state index contributed by atoms with van der Waals surface area (Å²) in [5.74, 6) is -0.187. The minimum absolute atomic E-state index is 0.187. The standard InChI is InChI=1S/C15H18N2O3S2/c1-12-6-3-4-7-13(12)17(22(2,19)20)10-9-16-15(18)14-8-5-11-21-14/h3-8,11H,9-10H2,1-2H3,(H,16,18).